The molecular formula is C18H24BrNO2. The van der Waals surface area contributed by atoms with E-state index in [4.69, 9.17) is 0 Å². The minimum Gasteiger partial charge on any atom is -0.349 e. The van der Waals surface area contributed by atoms with Gasteiger partial charge in [-0.25, -0.2) is 0 Å². The fourth-order valence-corrected chi connectivity index (χ4v) is 3.47. The van der Waals surface area contributed by atoms with Gasteiger partial charge in [0, 0.05) is 17.3 Å². The summed E-state index contributed by atoms with van der Waals surface area (Å²) >= 11 is 3.51. The van der Waals surface area contributed by atoms with Crippen LogP contribution >= 0.6 is 15.9 Å². The lowest BCUT2D eigenvalue weighted by Gasteiger charge is -2.26. The Morgan fingerprint density at radius 1 is 1.27 bits per heavy atom. The van der Waals surface area contributed by atoms with Crippen LogP contribution in [0.1, 0.15) is 68.5 Å². The number of carbonyl (C=O) groups is 2. The summed E-state index contributed by atoms with van der Waals surface area (Å²) in [6.45, 7) is 0. The third-order valence-electron chi connectivity index (χ3n) is 4.23. The number of benzene rings is 1. The molecule has 0 aromatic heterocycles. The van der Waals surface area contributed by atoms with Crippen LogP contribution in [-0.2, 0) is 16.0 Å². The number of carbonyl (C=O) groups excluding carboxylic acids is 2. The number of aryl methyl sites for hydroxylation is 1. The van der Waals surface area contributed by atoms with Crippen molar-refractivity contribution in [3.05, 3.63) is 33.8 Å². The van der Waals surface area contributed by atoms with E-state index in [-0.39, 0.29) is 11.9 Å². The molecule has 1 aromatic rings. The second kappa shape index (κ2) is 9.09. The Morgan fingerprint density at radius 2 is 2.09 bits per heavy atom. The quantitative estimate of drug-likeness (QED) is 0.545. The van der Waals surface area contributed by atoms with Crippen molar-refractivity contribution in [1.29, 1.82) is 0 Å². The molecule has 22 heavy (non-hydrogen) atoms. The van der Waals surface area contributed by atoms with E-state index in [0.29, 0.717) is 12.8 Å². The highest BCUT2D eigenvalue weighted by atomic mass is 79.9. The van der Waals surface area contributed by atoms with E-state index in [2.05, 4.69) is 39.4 Å². The Balaban J connectivity index is 1.77. The highest BCUT2D eigenvalue weighted by molar-refractivity contribution is 9.10. The highest BCUT2D eigenvalue weighted by Crippen LogP contribution is 2.31. The summed E-state index contributed by atoms with van der Waals surface area (Å²) in [6, 6.07) is 6.51. The zero-order chi connectivity index (χ0) is 15.8. The standard InChI is InChI=1S/C18H24BrNO2/c19-15-10-11-16-14(13-15)7-6-8-17(16)20-18(22)9-4-2-1-3-5-12-21/h10-13,17H,1-9H2,(H,20,22). The SMILES string of the molecule is O=CCCCCCCC(=O)NC1CCCc2cc(Br)ccc21. The first kappa shape index (κ1) is 17.2. The number of unbranched alkanes of at least 4 members (excludes halogenated alkanes) is 4. The Hall–Kier alpha value is -1.16. The Morgan fingerprint density at radius 3 is 2.91 bits per heavy atom. The van der Waals surface area contributed by atoms with Gasteiger partial charge in [-0.05, 0) is 55.4 Å². The first-order chi connectivity index (χ1) is 10.7. The van der Waals surface area contributed by atoms with Gasteiger partial charge in [0.1, 0.15) is 6.29 Å². The maximum absolute atomic E-state index is 12.1. The number of nitrogens with one attached hydrogen (secondary N) is 1. The molecule has 1 atom stereocenters. The predicted octanol–water partition coefficient (Wildman–Crippen LogP) is 4.48. The van der Waals surface area contributed by atoms with Crippen LogP contribution in [0.2, 0.25) is 0 Å². The van der Waals surface area contributed by atoms with Gasteiger partial charge in [-0.15, -0.1) is 0 Å². The number of amides is 1. The molecule has 1 N–H and O–H groups in total. The second-order valence-corrected chi connectivity index (χ2v) is 6.89. The lowest BCUT2D eigenvalue weighted by molar-refractivity contribution is -0.122. The van der Waals surface area contributed by atoms with Crippen molar-refractivity contribution in [2.75, 3.05) is 0 Å². The Labute approximate surface area is 141 Å². The molecule has 4 heteroatoms. The zero-order valence-corrected chi connectivity index (χ0v) is 14.5. The predicted molar refractivity (Wildman–Crippen MR) is 91.7 cm³/mol. The summed E-state index contributed by atoms with van der Waals surface area (Å²) in [4.78, 5) is 22.3. The van der Waals surface area contributed by atoms with Crippen LogP contribution in [0.5, 0.6) is 0 Å². The van der Waals surface area contributed by atoms with Gasteiger partial charge in [0.05, 0.1) is 6.04 Å². The molecule has 0 heterocycles. The van der Waals surface area contributed by atoms with E-state index in [1.165, 1.54) is 11.1 Å². The fraction of sp³-hybridized carbons (Fsp3) is 0.556. The average Bonchev–Trinajstić information content (AvgIpc) is 2.50. The van der Waals surface area contributed by atoms with Crippen LogP contribution in [0.4, 0.5) is 0 Å². The fourth-order valence-electron chi connectivity index (χ4n) is 3.07. The number of rotatable bonds is 8. The number of hydrogen-bond donors (Lipinski definition) is 1. The summed E-state index contributed by atoms with van der Waals surface area (Å²) < 4.78 is 1.11. The first-order valence-corrected chi connectivity index (χ1v) is 9.01. The molecule has 0 saturated carbocycles. The second-order valence-electron chi connectivity index (χ2n) is 5.98. The molecule has 0 saturated heterocycles. The van der Waals surface area contributed by atoms with Crippen LogP contribution in [0.3, 0.4) is 0 Å². The maximum atomic E-state index is 12.1. The van der Waals surface area contributed by atoms with Crippen molar-refractivity contribution in [2.45, 2.75) is 63.8 Å². The van der Waals surface area contributed by atoms with E-state index in [1.54, 1.807) is 0 Å². The summed E-state index contributed by atoms with van der Waals surface area (Å²) in [5.74, 6) is 0.149. The van der Waals surface area contributed by atoms with Gasteiger partial charge in [0.25, 0.3) is 0 Å². The molecule has 0 bridgehead atoms. The molecule has 120 valence electrons. The van der Waals surface area contributed by atoms with Gasteiger partial charge in [-0.2, -0.15) is 0 Å². The molecule has 0 aliphatic heterocycles. The highest BCUT2D eigenvalue weighted by Gasteiger charge is 2.21. The van der Waals surface area contributed by atoms with Gasteiger partial charge < -0.3 is 10.1 Å². The molecule has 3 nitrogen and oxygen atoms in total. The van der Waals surface area contributed by atoms with E-state index >= 15 is 0 Å². The van der Waals surface area contributed by atoms with Crippen LogP contribution in [0, 0.1) is 0 Å². The minimum atomic E-state index is 0.149. The van der Waals surface area contributed by atoms with Gasteiger partial charge in [-0.3, -0.25) is 4.79 Å². The van der Waals surface area contributed by atoms with Crippen LogP contribution in [-0.4, -0.2) is 12.2 Å². The van der Waals surface area contributed by atoms with E-state index in [1.807, 2.05) is 0 Å². The van der Waals surface area contributed by atoms with E-state index in [0.717, 1.165) is 55.7 Å². The molecule has 0 radical (unpaired) electrons. The van der Waals surface area contributed by atoms with Crippen molar-refractivity contribution in [2.24, 2.45) is 0 Å². The third-order valence-corrected chi connectivity index (χ3v) is 4.72. The molecule has 1 aliphatic rings. The van der Waals surface area contributed by atoms with Crippen LogP contribution in [0.25, 0.3) is 0 Å². The van der Waals surface area contributed by atoms with Crippen molar-refractivity contribution in [1.82, 2.24) is 5.32 Å². The smallest absolute Gasteiger partial charge is 0.220 e. The normalized spacial score (nSPS) is 16.9. The minimum absolute atomic E-state index is 0.149. The molecule has 2 rings (SSSR count). The molecule has 0 spiro atoms. The summed E-state index contributed by atoms with van der Waals surface area (Å²) in [7, 11) is 0. The lowest BCUT2D eigenvalue weighted by atomic mass is 9.87. The zero-order valence-electron chi connectivity index (χ0n) is 12.9. The largest absolute Gasteiger partial charge is 0.349 e. The number of halogens is 1. The molecule has 1 aromatic carbocycles. The molecule has 1 aliphatic carbocycles. The van der Waals surface area contributed by atoms with Crippen LogP contribution < -0.4 is 5.32 Å². The van der Waals surface area contributed by atoms with Crippen molar-refractivity contribution in [3.8, 4) is 0 Å². The van der Waals surface area contributed by atoms with Crippen LogP contribution in [0.15, 0.2) is 22.7 Å². The monoisotopic (exact) mass is 365 g/mol. The Bertz CT molecular complexity index is 516. The third kappa shape index (κ3) is 5.24. The van der Waals surface area contributed by atoms with Gasteiger partial charge in [0.2, 0.25) is 5.91 Å². The average molecular weight is 366 g/mol. The first-order valence-electron chi connectivity index (χ1n) is 8.22. The molecular weight excluding hydrogens is 342 g/mol. The topological polar surface area (TPSA) is 46.2 Å². The van der Waals surface area contributed by atoms with Gasteiger partial charge in [-0.1, -0.05) is 34.8 Å². The summed E-state index contributed by atoms with van der Waals surface area (Å²) in [5, 5.41) is 3.19. The summed E-state index contributed by atoms with van der Waals surface area (Å²) in [5.41, 5.74) is 2.62. The summed E-state index contributed by atoms with van der Waals surface area (Å²) in [6.07, 6.45) is 9.34. The van der Waals surface area contributed by atoms with Gasteiger partial charge in [0.15, 0.2) is 0 Å². The van der Waals surface area contributed by atoms with Crippen molar-refractivity contribution >= 4 is 28.1 Å². The molecule has 1 amide bonds. The Kier molecular flexibility index (Phi) is 7.10. The number of aldehydes is 1. The maximum Gasteiger partial charge on any atom is 0.220 e. The lowest BCUT2D eigenvalue weighted by Crippen LogP contribution is -2.30. The number of fused-ring (bicyclic) bond motifs is 1. The van der Waals surface area contributed by atoms with Gasteiger partial charge >= 0.3 is 0 Å². The molecule has 0 fully saturated rings. The molecule has 1 unspecified atom stereocenters. The van der Waals surface area contributed by atoms with E-state index < -0.39 is 0 Å². The van der Waals surface area contributed by atoms with Crippen molar-refractivity contribution < 1.29 is 9.59 Å². The number of hydrogen-bond acceptors (Lipinski definition) is 2. The van der Waals surface area contributed by atoms with Crippen molar-refractivity contribution in [3.63, 3.8) is 0 Å². The van der Waals surface area contributed by atoms with E-state index in [9.17, 15) is 9.59 Å².